The summed E-state index contributed by atoms with van der Waals surface area (Å²) in [6.07, 6.45) is 4.98. The summed E-state index contributed by atoms with van der Waals surface area (Å²) in [6, 6.07) is 0. The quantitative estimate of drug-likeness (QED) is 0.783. The lowest BCUT2D eigenvalue weighted by molar-refractivity contribution is -0.144. The first-order chi connectivity index (χ1) is 13.5. The van der Waals surface area contributed by atoms with Crippen molar-refractivity contribution in [1.29, 1.82) is 0 Å². The van der Waals surface area contributed by atoms with Gasteiger partial charge in [-0.25, -0.2) is 4.98 Å². The number of hydrogen-bond acceptors (Lipinski definition) is 5. The van der Waals surface area contributed by atoms with E-state index >= 15 is 0 Å². The van der Waals surface area contributed by atoms with Gasteiger partial charge in [-0.2, -0.15) is 0 Å². The van der Waals surface area contributed by atoms with Gasteiger partial charge in [0.1, 0.15) is 4.83 Å². The third-order valence-corrected chi connectivity index (χ3v) is 7.24. The molecule has 1 saturated carbocycles. The van der Waals surface area contributed by atoms with Gasteiger partial charge in [0, 0.05) is 49.9 Å². The van der Waals surface area contributed by atoms with Gasteiger partial charge in [-0.3, -0.25) is 19.0 Å². The Labute approximate surface area is 168 Å². The average molecular weight is 403 g/mol. The van der Waals surface area contributed by atoms with Gasteiger partial charge >= 0.3 is 0 Å². The molecule has 3 heterocycles. The number of piperazine rings is 1. The van der Waals surface area contributed by atoms with Crippen LogP contribution in [0.3, 0.4) is 0 Å². The summed E-state index contributed by atoms with van der Waals surface area (Å²) in [7, 11) is 0. The third-order valence-electron chi connectivity index (χ3n) is 6.12. The summed E-state index contributed by atoms with van der Waals surface area (Å²) < 4.78 is 1.54. The molecule has 1 aliphatic heterocycles. The summed E-state index contributed by atoms with van der Waals surface area (Å²) in [5.74, 6) is 0.493. The SMILES string of the molecule is Cc1sc2ncn(CCC(=O)N3CCN(C(=O)C4CCC4)CC3)c(=O)c2c1C. The van der Waals surface area contributed by atoms with Crippen LogP contribution in [-0.2, 0) is 16.1 Å². The van der Waals surface area contributed by atoms with Crippen molar-refractivity contribution < 1.29 is 9.59 Å². The molecule has 0 unspecified atom stereocenters. The highest BCUT2D eigenvalue weighted by atomic mass is 32.1. The molecule has 2 amide bonds. The average Bonchev–Trinajstić information content (AvgIpc) is 2.94. The van der Waals surface area contributed by atoms with Crippen molar-refractivity contribution in [1.82, 2.24) is 19.4 Å². The van der Waals surface area contributed by atoms with Crippen molar-refractivity contribution >= 4 is 33.4 Å². The number of rotatable bonds is 4. The molecule has 1 aliphatic carbocycles. The minimum atomic E-state index is -0.0736. The molecule has 28 heavy (non-hydrogen) atoms. The minimum Gasteiger partial charge on any atom is -0.339 e. The van der Waals surface area contributed by atoms with Gasteiger partial charge in [0.2, 0.25) is 11.8 Å². The van der Waals surface area contributed by atoms with Crippen molar-refractivity contribution in [2.45, 2.75) is 46.1 Å². The number of hydrogen-bond donors (Lipinski definition) is 0. The Balaban J connectivity index is 1.34. The standard InChI is InChI=1S/C20H26N4O3S/c1-13-14(2)28-18-17(13)20(27)24(12-21-18)7-6-16(25)22-8-10-23(11-9-22)19(26)15-4-3-5-15/h12,15H,3-11H2,1-2H3. The molecule has 2 aromatic rings. The second-order valence-electron chi connectivity index (χ2n) is 7.79. The minimum absolute atomic E-state index is 0.0287. The van der Waals surface area contributed by atoms with Gasteiger partial charge in [-0.15, -0.1) is 11.3 Å². The van der Waals surface area contributed by atoms with Crippen molar-refractivity contribution in [3.8, 4) is 0 Å². The number of aryl methyl sites for hydroxylation is 3. The molecule has 0 N–H and O–H groups in total. The lowest BCUT2D eigenvalue weighted by atomic mass is 9.84. The summed E-state index contributed by atoms with van der Waals surface area (Å²) in [4.78, 5) is 47.6. The number of carbonyl (C=O) groups excluding carboxylic acids is 2. The van der Waals surface area contributed by atoms with E-state index in [0.717, 1.165) is 34.5 Å². The van der Waals surface area contributed by atoms with Gasteiger partial charge in [0.15, 0.2) is 0 Å². The zero-order valence-electron chi connectivity index (χ0n) is 16.4. The number of thiophene rings is 1. The van der Waals surface area contributed by atoms with Crippen LogP contribution < -0.4 is 5.56 Å². The van der Waals surface area contributed by atoms with E-state index in [2.05, 4.69) is 4.98 Å². The molecular formula is C20H26N4O3S. The molecule has 150 valence electrons. The van der Waals surface area contributed by atoms with Gasteiger partial charge in [-0.1, -0.05) is 6.42 Å². The Morgan fingerprint density at radius 1 is 1.14 bits per heavy atom. The molecule has 0 aromatic carbocycles. The number of aromatic nitrogens is 2. The molecule has 0 bridgehead atoms. The van der Waals surface area contributed by atoms with Crippen LogP contribution >= 0.6 is 11.3 Å². The van der Waals surface area contributed by atoms with Crippen LogP contribution in [0.15, 0.2) is 11.1 Å². The van der Waals surface area contributed by atoms with E-state index in [0.29, 0.717) is 38.1 Å². The maximum absolute atomic E-state index is 12.7. The maximum Gasteiger partial charge on any atom is 0.262 e. The highest BCUT2D eigenvalue weighted by molar-refractivity contribution is 7.18. The van der Waals surface area contributed by atoms with Crippen LogP contribution in [0, 0.1) is 19.8 Å². The lowest BCUT2D eigenvalue weighted by Gasteiger charge is -2.38. The number of nitrogens with zero attached hydrogens (tertiary/aromatic N) is 4. The van der Waals surface area contributed by atoms with Crippen LogP contribution in [0.5, 0.6) is 0 Å². The fourth-order valence-corrected chi connectivity index (χ4v) is 4.88. The zero-order chi connectivity index (χ0) is 19.8. The lowest BCUT2D eigenvalue weighted by Crippen LogP contribution is -2.52. The summed E-state index contributed by atoms with van der Waals surface area (Å²) in [5.41, 5.74) is 0.904. The van der Waals surface area contributed by atoms with Crippen LogP contribution in [0.1, 0.15) is 36.1 Å². The predicted octanol–water partition coefficient (Wildman–Crippen LogP) is 1.94. The Morgan fingerprint density at radius 3 is 2.46 bits per heavy atom. The van der Waals surface area contributed by atoms with Crippen molar-refractivity contribution in [3.63, 3.8) is 0 Å². The fraction of sp³-hybridized carbons (Fsp3) is 0.600. The summed E-state index contributed by atoms with van der Waals surface area (Å²) in [5, 5.41) is 0.667. The van der Waals surface area contributed by atoms with Crippen LogP contribution in [0.4, 0.5) is 0 Å². The van der Waals surface area contributed by atoms with E-state index in [4.69, 9.17) is 0 Å². The fourth-order valence-electron chi connectivity index (χ4n) is 3.89. The summed E-state index contributed by atoms with van der Waals surface area (Å²) in [6.45, 7) is 6.64. The molecule has 2 aliphatic rings. The smallest absolute Gasteiger partial charge is 0.262 e. The molecule has 1 saturated heterocycles. The Kier molecular flexibility index (Phi) is 5.23. The Morgan fingerprint density at radius 2 is 1.82 bits per heavy atom. The molecule has 0 atom stereocenters. The largest absolute Gasteiger partial charge is 0.339 e. The second-order valence-corrected chi connectivity index (χ2v) is 8.99. The molecule has 8 heteroatoms. The number of amides is 2. The van der Waals surface area contributed by atoms with Crippen LogP contribution in [-0.4, -0.2) is 57.3 Å². The van der Waals surface area contributed by atoms with Crippen molar-refractivity contribution in [3.05, 3.63) is 27.1 Å². The first-order valence-corrected chi connectivity index (χ1v) is 10.8. The normalized spacial score (nSPS) is 17.8. The summed E-state index contributed by atoms with van der Waals surface area (Å²) >= 11 is 1.53. The van der Waals surface area contributed by atoms with E-state index in [1.807, 2.05) is 23.6 Å². The maximum atomic E-state index is 12.7. The monoisotopic (exact) mass is 402 g/mol. The molecule has 7 nitrogen and oxygen atoms in total. The first-order valence-electron chi connectivity index (χ1n) is 9.97. The number of carbonyl (C=O) groups is 2. The van der Waals surface area contributed by atoms with Crippen LogP contribution in [0.25, 0.3) is 10.2 Å². The van der Waals surface area contributed by atoms with E-state index in [-0.39, 0.29) is 29.7 Å². The van der Waals surface area contributed by atoms with Gasteiger partial charge in [0.25, 0.3) is 5.56 Å². The molecule has 2 fully saturated rings. The van der Waals surface area contributed by atoms with Gasteiger partial charge in [0.05, 0.1) is 11.7 Å². The highest BCUT2D eigenvalue weighted by Crippen LogP contribution is 2.28. The van der Waals surface area contributed by atoms with Gasteiger partial charge < -0.3 is 9.80 Å². The van der Waals surface area contributed by atoms with E-state index < -0.39 is 0 Å². The molecule has 0 radical (unpaired) electrons. The Hall–Kier alpha value is -2.22. The second kappa shape index (κ2) is 7.66. The molecule has 2 aromatic heterocycles. The third kappa shape index (κ3) is 3.45. The zero-order valence-corrected chi connectivity index (χ0v) is 17.3. The van der Waals surface area contributed by atoms with Crippen molar-refractivity contribution in [2.24, 2.45) is 5.92 Å². The molecule has 0 spiro atoms. The predicted molar refractivity (Wildman–Crippen MR) is 108 cm³/mol. The van der Waals surface area contributed by atoms with E-state index in [9.17, 15) is 14.4 Å². The highest BCUT2D eigenvalue weighted by Gasteiger charge is 2.31. The van der Waals surface area contributed by atoms with E-state index in [1.54, 1.807) is 6.33 Å². The van der Waals surface area contributed by atoms with Gasteiger partial charge in [-0.05, 0) is 32.3 Å². The number of fused-ring (bicyclic) bond motifs is 1. The molecule has 4 rings (SSSR count). The Bertz CT molecular complexity index is 968. The molecular weight excluding hydrogens is 376 g/mol. The van der Waals surface area contributed by atoms with Crippen LogP contribution in [0.2, 0.25) is 0 Å². The topological polar surface area (TPSA) is 75.5 Å². The first kappa shape index (κ1) is 19.1. The van der Waals surface area contributed by atoms with E-state index in [1.165, 1.54) is 15.9 Å². The van der Waals surface area contributed by atoms with Crippen molar-refractivity contribution in [2.75, 3.05) is 26.2 Å².